The molecule has 1 aliphatic carbocycles. The highest BCUT2D eigenvalue weighted by atomic mass is 16.3. The monoisotopic (exact) mass is 268 g/mol. The summed E-state index contributed by atoms with van der Waals surface area (Å²) in [5.74, 6) is 1.32. The van der Waals surface area contributed by atoms with Crippen LogP contribution in [0.1, 0.15) is 46.0 Å². The smallest absolute Gasteiger partial charge is 0.224 e. The predicted octanol–water partition coefficient (Wildman–Crippen LogP) is 1.29. The van der Waals surface area contributed by atoms with Gasteiger partial charge in [-0.2, -0.15) is 0 Å². The molecule has 2 fully saturated rings. The number of carbonyl (C=O) groups excluding carboxylic acids is 1. The molecule has 1 saturated carbocycles. The van der Waals surface area contributed by atoms with Crippen molar-refractivity contribution >= 4 is 5.91 Å². The molecule has 1 aliphatic heterocycles. The summed E-state index contributed by atoms with van der Waals surface area (Å²) < 4.78 is 0. The second-order valence-electron chi connectivity index (χ2n) is 6.54. The average Bonchev–Trinajstić information content (AvgIpc) is 2.83. The number of aliphatic hydroxyl groups is 1. The highest BCUT2D eigenvalue weighted by Gasteiger charge is 2.35. The highest BCUT2D eigenvalue weighted by molar-refractivity contribution is 5.79. The second-order valence-corrected chi connectivity index (χ2v) is 6.54. The van der Waals surface area contributed by atoms with Crippen LogP contribution in [0.15, 0.2) is 0 Å². The molecule has 0 aromatic carbocycles. The van der Waals surface area contributed by atoms with Crippen molar-refractivity contribution in [3.63, 3.8) is 0 Å². The van der Waals surface area contributed by atoms with Crippen LogP contribution in [0.3, 0.4) is 0 Å². The van der Waals surface area contributed by atoms with Gasteiger partial charge in [0.2, 0.25) is 5.91 Å². The van der Waals surface area contributed by atoms with Crippen LogP contribution in [-0.2, 0) is 4.79 Å². The van der Waals surface area contributed by atoms with Crippen LogP contribution in [0.25, 0.3) is 0 Å². The zero-order chi connectivity index (χ0) is 13.9. The first-order valence-electron chi connectivity index (χ1n) is 7.75. The average molecular weight is 268 g/mol. The molecule has 0 spiro atoms. The van der Waals surface area contributed by atoms with Crippen molar-refractivity contribution in [2.24, 2.45) is 17.8 Å². The zero-order valence-corrected chi connectivity index (χ0v) is 12.2. The van der Waals surface area contributed by atoms with Gasteiger partial charge in [-0.05, 0) is 44.1 Å². The maximum absolute atomic E-state index is 12.1. The van der Waals surface area contributed by atoms with Crippen molar-refractivity contribution in [1.29, 1.82) is 0 Å². The van der Waals surface area contributed by atoms with E-state index in [1.165, 1.54) is 6.42 Å². The van der Waals surface area contributed by atoms with E-state index in [1.807, 2.05) is 0 Å². The Kier molecular flexibility index (Phi) is 4.85. The van der Waals surface area contributed by atoms with Crippen molar-refractivity contribution in [2.45, 2.75) is 51.6 Å². The van der Waals surface area contributed by atoms with Gasteiger partial charge in [0, 0.05) is 13.1 Å². The van der Waals surface area contributed by atoms with E-state index in [0.29, 0.717) is 12.5 Å². The van der Waals surface area contributed by atoms with E-state index in [0.717, 1.165) is 44.7 Å². The fraction of sp³-hybridized carbons (Fsp3) is 0.933. The van der Waals surface area contributed by atoms with Crippen LogP contribution >= 0.6 is 0 Å². The largest absolute Gasteiger partial charge is 0.388 e. The van der Waals surface area contributed by atoms with Crippen molar-refractivity contribution in [3.05, 3.63) is 0 Å². The van der Waals surface area contributed by atoms with Crippen LogP contribution < -0.4 is 10.6 Å². The van der Waals surface area contributed by atoms with E-state index in [1.54, 1.807) is 0 Å². The lowest BCUT2D eigenvalue weighted by Gasteiger charge is -2.36. The molecule has 1 saturated heterocycles. The number of hydrogen-bond acceptors (Lipinski definition) is 3. The summed E-state index contributed by atoms with van der Waals surface area (Å²) in [5.41, 5.74) is -0.670. The van der Waals surface area contributed by atoms with Gasteiger partial charge in [-0.25, -0.2) is 0 Å². The van der Waals surface area contributed by atoms with Gasteiger partial charge >= 0.3 is 0 Å². The molecule has 4 nitrogen and oxygen atoms in total. The highest BCUT2D eigenvalue weighted by Crippen LogP contribution is 2.33. The summed E-state index contributed by atoms with van der Waals surface area (Å²) in [6.07, 6.45) is 5.02. The number of hydrogen-bond donors (Lipinski definition) is 3. The zero-order valence-electron chi connectivity index (χ0n) is 12.2. The molecular weight excluding hydrogens is 240 g/mol. The first-order chi connectivity index (χ1) is 9.04. The lowest BCUT2D eigenvalue weighted by atomic mass is 9.78. The van der Waals surface area contributed by atoms with E-state index in [9.17, 15) is 9.90 Å². The minimum absolute atomic E-state index is 0.0654. The minimum Gasteiger partial charge on any atom is -0.388 e. The normalized spacial score (nSPS) is 39.2. The maximum atomic E-state index is 12.1. The fourth-order valence-corrected chi connectivity index (χ4v) is 3.34. The number of amides is 1. The van der Waals surface area contributed by atoms with E-state index in [4.69, 9.17) is 0 Å². The molecule has 1 heterocycles. The third kappa shape index (κ3) is 3.69. The van der Waals surface area contributed by atoms with Gasteiger partial charge in [0.15, 0.2) is 0 Å². The van der Waals surface area contributed by atoms with E-state index in [-0.39, 0.29) is 11.8 Å². The molecule has 2 rings (SSSR count). The Morgan fingerprint density at radius 2 is 2.05 bits per heavy atom. The molecule has 0 unspecified atom stereocenters. The molecule has 4 heteroatoms. The lowest BCUT2D eigenvalue weighted by Crippen LogP contribution is -2.47. The van der Waals surface area contributed by atoms with Gasteiger partial charge < -0.3 is 15.7 Å². The Morgan fingerprint density at radius 1 is 1.37 bits per heavy atom. The third-order valence-corrected chi connectivity index (χ3v) is 5.06. The molecule has 0 radical (unpaired) electrons. The molecular formula is C15H28N2O2. The van der Waals surface area contributed by atoms with Crippen LogP contribution in [0, 0.1) is 17.8 Å². The van der Waals surface area contributed by atoms with Gasteiger partial charge in [0.05, 0.1) is 11.5 Å². The summed E-state index contributed by atoms with van der Waals surface area (Å²) in [6.45, 7) is 6.42. The quantitative estimate of drug-likeness (QED) is 0.720. The van der Waals surface area contributed by atoms with E-state index >= 15 is 0 Å². The Labute approximate surface area is 116 Å². The van der Waals surface area contributed by atoms with Gasteiger partial charge in [-0.3, -0.25) is 4.79 Å². The first-order valence-corrected chi connectivity index (χ1v) is 7.75. The van der Waals surface area contributed by atoms with Crippen molar-refractivity contribution in [3.8, 4) is 0 Å². The summed E-state index contributed by atoms with van der Waals surface area (Å²) in [4.78, 5) is 12.1. The number of carbonyl (C=O) groups is 1. The fourth-order valence-electron chi connectivity index (χ4n) is 3.34. The molecule has 19 heavy (non-hydrogen) atoms. The van der Waals surface area contributed by atoms with Crippen LogP contribution in [0.2, 0.25) is 0 Å². The SMILES string of the molecule is CCC1CCC(O)(CNC(=O)[C@@H]2CNC[C@H]2C)CC1. The van der Waals surface area contributed by atoms with Gasteiger partial charge in [-0.15, -0.1) is 0 Å². The molecule has 1 amide bonds. The minimum atomic E-state index is -0.670. The summed E-state index contributed by atoms with van der Waals surface area (Å²) >= 11 is 0. The van der Waals surface area contributed by atoms with Crippen molar-refractivity contribution in [1.82, 2.24) is 10.6 Å². The topological polar surface area (TPSA) is 61.4 Å². The van der Waals surface area contributed by atoms with E-state index < -0.39 is 5.60 Å². The molecule has 3 N–H and O–H groups in total. The molecule has 2 atom stereocenters. The van der Waals surface area contributed by atoms with Gasteiger partial charge in [-0.1, -0.05) is 20.3 Å². The van der Waals surface area contributed by atoms with Gasteiger partial charge in [0.25, 0.3) is 0 Å². The Hall–Kier alpha value is -0.610. The second kappa shape index (κ2) is 6.23. The summed E-state index contributed by atoms with van der Waals surface area (Å²) in [7, 11) is 0. The summed E-state index contributed by atoms with van der Waals surface area (Å²) in [6, 6.07) is 0. The molecule has 0 aromatic heterocycles. The molecule has 0 bridgehead atoms. The van der Waals surface area contributed by atoms with Crippen LogP contribution in [0.5, 0.6) is 0 Å². The molecule has 0 aromatic rings. The first kappa shape index (κ1) is 14.8. The Bertz CT molecular complexity index is 311. The Balaban J connectivity index is 1.77. The van der Waals surface area contributed by atoms with E-state index in [2.05, 4.69) is 24.5 Å². The van der Waals surface area contributed by atoms with Crippen molar-refractivity contribution < 1.29 is 9.90 Å². The maximum Gasteiger partial charge on any atom is 0.224 e. The number of nitrogens with one attached hydrogen (secondary N) is 2. The Morgan fingerprint density at radius 3 is 2.58 bits per heavy atom. The third-order valence-electron chi connectivity index (χ3n) is 5.06. The lowest BCUT2D eigenvalue weighted by molar-refractivity contribution is -0.127. The molecule has 110 valence electrons. The van der Waals surface area contributed by atoms with Crippen LogP contribution in [0.4, 0.5) is 0 Å². The summed E-state index contributed by atoms with van der Waals surface area (Å²) in [5, 5.41) is 16.7. The number of rotatable bonds is 4. The van der Waals surface area contributed by atoms with Gasteiger partial charge in [0.1, 0.15) is 0 Å². The molecule has 2 aliphatic rings. The standard InChI is InChI=1S/C15H28N2O2/c1-3-12-4-6-15(19,7-5-12)10-17-14(18)13-9-16-8-11(13)2/h11-13,16,19H,3-10H2,1-2H3,(H,17,18)/t11-,12?,13-,15?/m1/s1. The van der Waals surface area contributed by atoms with Crippen molar-refractivity contribution in [2.75, 3.05) is 19.6 Å². The predicted molar refractivity (Wildman–Crippen MR) is 75.7 cm³/mol. The van der Waals surface area contributed by atoms with Crippen LogP contribution in [-0.4, -0.2) is 36.2 Å².